The van der Waals surface area contributed by atoms with Gasteiger partial charge in [0.1, 0.15) is 0 Å². The van der Waals surface area contributed by atoms with Crippen molar-refractivity contribution in [2.24, 2.45) is 5.92 Å². The van der Waals surface area contributed by atoms with Crippen molar-refractivity contribution in [3.05, 3.63) is 17.8 Å². The molecule has 0 saturated carbocycles. The minimum Gasteiger partial charge on any atom is -0.438 e. The molecule has 1 aromatic rings. The van der Waals surface area contributed by atoms with Gasteiger partial charge in [0, 0.05) is 13.1 Å². The van der Waals surface area contributed by atoms with Crippen LogP contribution in [0.1, 0.15) is 35.5 Å². The molecular weight excluding hydrogens is 301 g/mol. The molecular formula is C13H23Cl2N3O2. The Bertz CT molecular complexity index is 404. The molecule has 0 radical (unpaired) electrons. The molecule has 0 spiro atoms. The van der Waals surface area contributed by atoms with Gasteiger partial charge in [-0.05, 0) is 45.7 Å². The van der Waals surface area contributed by atoms with E-state index in [0.717, 1.165) is 38.4 Å². The zero-order valence-electron chi connectivity index (χ0n) is 11.9. The van der Waals surface area contributed by atoms with E-state index in [9.17, 15) is 4.79 Å². The lowest BCUT2D eigenvalue weighted by Gasteiger charge is -2.31. The Morgan fingerprint density at radius 1 is 1.45 bits per heavy atom. The Hall–Kier alpha value is -0.780. The lowest BCUT2D eigenvalue weighted by molar-refractivity contribution is 0.0654. The Kier molecular flexibility index (Phi) is 8.85. The molecule has 0 atom stereocenters. The van der Waals surface area contributed by atoms with Gasteiger partial charge in [0.05, 0.1) is 5.69 Å². The fraction of sp³-hybridized carbons (Fsp3) is 0.692. The number of likely N-dealkylation sites (tertiary alicyclic amines) is 1. The zero-order valence-corrected chi connectivity index (χ0v) is 13.6. The summed E-state index contributed by atoms with van der Waals surface area (Å²) in [4.78, 5) is 18.0. The van der Waals surface area contributed by atoms with Gasteiger partial charge < -0.3 is 14.6 Å². The van der Waals surface area contributed by atoms with Crippen LogP contribution in [0.25, 0.3) is 0 Å². The molecule has 116 valence electrons. The highest BCUT2D eigenvalue weighted by Gasteiger charge is 2.26. The van der Waals surface area contributed by atoms with Crippen LogP contribution in [-0.2, 0) is 0 Å². The quantitative estimate of drug-likeness (QED) is 0.923. The van der Waals surface area contributed by atoms with E-state index in [1.807, 2.05) is 11.9 Å². The Morgan fingerprint density at radius 3 is 2.60 bits per heavy atom. The summed E-state index contributed by atoms with van der Waals surface area (Å²) in [5.74, 6) is 1.11. The fourth-order valence-electron chi connectivity index (χ4n) is 2.42. The number of halogens is 2. The molecule has 1 N–H and O–H groups in total. The van der Waals surface area contributed by atoms with Crippen LogP contribution in [0.3, 0.4) is 0 Å². The summed E-state index contributed by atoms with van der Waals surface area (Å²) in [6.07, 6.45) is 4.70. The third-order valence-electron chi connectivity index (χ3n) is 3.64. The maximum Gasteiger partial charge on any atom is 0.291 e. The Labute approximate surface area is 132 Å². The molecule has 5 nitrogen and oxygen atoms in total. The van der Waals surface area contributed by atoms with Crippen LogP contribution in [0.5, 0.6) is 0 Å². The van der Waals surface area contributed by atoms with Crippen molar-refractivity contribution < 1.29 is 9.21 Å². The number of nitrogens with one attached hydrogen (secondary N) is 1. The van der Waals surface area contributed by atoms with Crippen LogP contribution < -0.4 is 5.32 Å². The van der Waals surface area contributed by atoms with Crippen LogP contribution in [0.15, 0.2) is 10.8 Å². The molecule has 1 aromatic heterocycles. The fourth-order valence-corrected chi connectivity index (χ4v) is 2.42. The van der Waals surface area contributed by atoms with Crippen molar-refractivity contribution >= 4 is 30.7 Å². The Morgan fingerprint density at radius 2 is 2.10 bits per heavy atom. The lowest BCUT2D eigenvalue weighted by atomic mass is 9.93. The van der Waals surface area contributed by atoms with Gasteiger partial charge in [0.25, 0.3) is 5.91 Å². The first-order chi connectivity index (χ1) is 8.72. The van der Waals surface area contributed by atoms with Crippen molar-refractivity contribution in [3.8, 4) is 0 Å². The first-order valence-corrected chi connectivity index (χ1v) is 6.56. The summed E-state index contributed by atoms with van der Waals surface area (Å²) in [6, 6.07) is 0. The standard InChI is InChI=1S/C13H21N3O2.2ClH/c1-10-12(18-9-15-10)13(17)16-7-4-11(5-8-16)3-6-14-2;;/h9,11,14H,3-8H2,1-2H3;2*1H. The van der Waals surface area contributed by atoms with E-state index in [1.54, 1.807) is 6.92 Å². The molecule has 1 saturated heterocycles. The number of nitrogens with zero attached hydrogens (tertiary/aromatic N) is 2. The minimum atomic E-state index is -0.0166. The van der Waals surface area contributed by atoms with Gasteiger partial charge in [-0.25, -0.2) is 4.98 Å². The summed E-state index contributed by atoms with van der Waals surface area (Å²) in [5, 5.41) is 3.18. The van der Waals surface area contributed by atoms with E-state index in [4.69, 9.17) is 4.42 Å². The molecule has 1 fully saturated rings. The van der Waals surface area contributed by atoms with E-state index in [0.29, 0.717) is 11.5 Å². The number of oxazole rings is 1. The molecule has 1 amide bonds. The van der Waals surface area contributed by atoms with Gasteiger partial charge in [0.2, 0.25) is 5.76 Å². The highest BCUT2D eigenvalue weighted by molar-refractivity contribution is 5.92. The largest absolute Gasteiger partial charge is 0.438 e. The molecule has 0 unspecified atom stereocenters. The number of aromatic nitrogens is 1. The topological polar surface area (TPSA) is 58.4 Å². The third kappa shape index (κ3) is 4.65. The number of carbonyl (C=O) groups is 1. The van der Waals surface area contributed by atoms with Crippen LogP contribution in [0.2, 0.25) is 0 Å². The van der Waals surface area contributed by atoms with Crippen molar-refractivity contribution in [2.45, 2.75) is 26.2 Å². The van der Waals surface area contributed by atoms with Gasteiger partial charge in [-0.2, -0.15) is 0 Å². The van der Waals surface area contributed by atoms with E-state index in [1.165, 1.54) is 12.8 Å². The SMILES string of the molecule is CNCCC1CCN(C(=O)c2ocnc2C)CC1.Cl.Cl. The second-order valence-electron chi connectivity index (χ2n) is 4.89. The first kappa shape index (κ1) is 19.2. The zero-order chi connectivity index (χ0) is 13.0. The lowest BCUT2D eigenvalue weighted by Crippen LogP contribution is -2.39. The molecule has 0 aliphatic carbocycles. The highest BCUT2D eigenvalue weighted by Crippen LogP contribution is 2.22. The number of amides is 1. The van der Waals surface area contributed by atoms with Crippen LogP contribution in [0, 0.1) is 12.8 Å². The smallest absolute Gasteiger partial charge is 0.291 e. The maximum atomic E-state index is 12.2. The average Bonchev–Trinajstić information content (AvgIpc) is 2.82. The maximum absolute atomic E-state index is 12.2. The van der Waals surface area contributed by atoms with Gasteiger partial charge in [-0.15, -0.1) is 24.8 Å². The number of aryl methyl sites for hydroxylation is 1. The number of hydrogen-bond acceptors (Lipinski definition) is 4. The monoisotopic (exact) mass is 323 g/mol. The third-order valence-corrected chi connectivity index (χ3v) is 3.64. The number of hydrogen-bond donors (Lipinski definition) is 1. The van der Waals surface area contributed by atoms with Gasteiger partial charge in [-0.1, -0.05) is 0 Å². The van der Waals surface area contributed by atoms with E-state index < -0.39 is 0 Å². The van der Waals surface area contributed by atoms with Gasteiger partial charge in [0.15, 0.2) is 6.39 Å². The average molecular weight is 324 g/mol. The minimum absolute atomic E-state index is 0. The van der Waals surface area contributed by atoms with Gasteiger partial charge in [-0.3, -0.25) is 4.79 Å². The second kappa shape index (κ2) is 9.21. The van der Waals surface area contributed by atoms with Crippen molar-refractivity contribution in [2.75, 3.05) is 26.7 Å². The predicted octanol–water partition coefficient (Wildman–Crippen LogP) is 2.29. The van der Waals surface area contributed by atoms with E-state index in [2.05, 4.69) is 10.3 Å². The molecule has 7 heteroatoms. The Balaban J connectivity index is 0.00000180. The summed E-state index contributed by atoms with van der Waals surface area (Å²) in [6.45, 7) is 4.51. The van der Waals surface area contributed by atoms with Crippen LogP contribution >= 0.6 is 24.8 Å². The molecule has 1 aliphatic rings. The van der Waals surface area contributed by atoms with E-state index >= 15 is 0 Å². The molecule has 20 heavy (non-hydrogen) atoms. The number of rotatable bonds is 4. The van der Waals surface area contributed by atoms with Crippen LogP contribution in [-0.4, -0.2) is 42.5 Å². The summed E-state index contributed by atoms with van der Waals surface area (Å²) in [5.41, 5.74) is 0.678. The molecule has 0 bridgehead atoms. The summed E-state index contributed by atoms with van der Waals surface area (Å²) < 4.78 is 5.16. The normalized spacial score (nSPS) is 15.4. The second-order valence-corrected chi connectivity index (χ2v) is 4.89. The van der Waals surface area contributed by atoms with Crippen LogP contribution in [0.4, 0.5) is 0 Å². The van der Waals surface area contributed by atoms with Crippen molar-refractivity contribution in [1.29, 1.82) is 0 Å². The highest BCUT2D eigenvalue weighted by atomic mass is 35.5. The molecule has 1 aliphatic heterocycles. The van der Waals surface area contributed by atoms with Crippen molar-refractivity contribution in [3.63, 3.8) is 0 Å². The number of piperidine rings is 1. The summed E-state index contributed by atoms with van der Waals surface area (Å²) >= 11 is 0. The number of carbonyl (C=O) groups excluding carboxylic acids is 1. The molecule has 2 rings (SSSR count). The summed E-state index contributed by atoms with van der Waals surface area (Å²) in [7, 11) is 1.98. The predicted molar refractivity (Wildman–Crippen MR) is 82.9 cm³/mol. The molecule has 0 aromatic carbocycles. The van der Waals surface area contributed by atoms with Gasteiger partial charge >= 0.3 is 0 Å². The van der Waals surface area contributed by atoms with E-state index in [-0.39, 0.29) is 30.7 Å². The molecule has 2 heterocycles. The first-order valence-electron chi connectivity index (χ1n) is 6.56. The van der Waals surface area contributed by atoms with Crippen molar-refractivity contribution in [1.82, 2.24) is 15.2 Å².